The van der Waals surface area contributed by atoms with Crippen molar-refractivity contribution < 1.29 is 14.1 Å². The van der Waals surface area contributed by atoms with E-state index in [0.717, 1.165) is 4.47 Å². The Balaban J connectivity index is 2.27. The molecule has 2 rings (SSSR count). The predicted molar refractivity (Wildman–Crippen MR) is 69.9 cm³/mol. The number of aromatic nitrogens is 1. The van der Waals surface area contributed by atoms with Crippen LogP contribution in [0.5, 0.6) is 5.75 Å². The van der Waals surface area contributed by atoms with Crippen LogP contribution in [0.2, 0.25) is 0 Å². The van der Waals surface area contributed by atoms with Crippen LogP contribution in [0.25, 0.3) is 0 Å². The second kappa shape index (κ2) is 5.22. The molecule has 1 aromatic carbocycles. The average Bonchev–Trinajstić information content (AvgIpc) is 2.76. The van der Waals surface area contributed by atoms with Gasteiger partial charge in [-0.1, -0.05) is 21.1 Å². The van der Waals surface area contributed by atoms with E-state index in [1.807, 2.05) is 6.07 Å². The van der Waals surface area contributed by atoms with Gasteiger partial charge in [0.25, 0.3) is 5.91 Å². The molecule has 0 fully saturated rings. The van der Waals surface area contributed by atoms with Crippen molar-refractivity contribution >= 4 is 27.5 Å². The Bertz CT molecular complexity index is 580. The first kappa shape index (κ1) is 12.6. The van der Waals surface area contributed by atoms with Crippen LogP contribution in [-0.4, -0.2) is 18.2 Å². The van der Waals surface area contributed by atoms with Crippen molar-refractivity contribution in [1.82, 2.24) is 5.16 Å². The number of nitrogens with zero attached hydrogens (tertiary/aromatic N) is 1. The van der Waals surface area contributed by atoms with E-state index in [9.17, 15) is 4.79 Å². The molecule has 18 heavy (non-hydrogen) atoms. The minimum absolute atomic E-state index is 0.287. The third-order valence-corrected chi connectivity index (χ3v) is 2.90. The average molecular weight is 311 g/mol. The zero-order chi connectivity index (χ0) is 13.1. The summed E-state index contributed by atoms with van der Waals surface area (Å²) >= 11 is 3.34. The maximum absolute atomic E-state index is 12.0. The topological polar surface area (TPSA) is 64.4 Å². The number of amides is 1. The number of hydrogen-bond donors (Lipinski definition) is 1. The summed E-state index contributed by atoms with van der Waals surface area (Å²) in [5.74, 6) is 0.771. The van der Waals surface area contributed by atoms with Crippen LogP contribution in [0.1, 0.15) is 16.1 Å². The van der Waals surface area contributed by atoms with Gasteiger partial charge in [-0.3, -0.25) is 4.79 Å². The van der Waals surface area contributed by atoms with E-state index in [1.54, 1.807) is 26.2 Å². The molecule has 1 aromatic heterocycles. The first-order valence-electron chi connectivity index (χ1n) is 5.18. The molecule has 0 aliphatic heterocycles. The number of benzene rings is 1. The van der Waals surface area contributed by atoms with E-state index in [1.165, 1.54) is 6.20 Å². The van der Waals surface area contributed by atoms with Crippen LogP contribution in [0, 0.1) is 6.92 Å². The smallest absolute Gasteiger partial charge is 0.260 e. The molecule has 0 saturated heterocycles. The highest BCUT2D eigenvalue weighted by Crippen LogP contribution is 2.28. The van der Waals surface area contributed by atoms with E-state index in [-0.39, 0.29) is 5.91 Å². The van der Waals surface area contributed by atoms with Crippen molar-refractivity contribution in [2.75, 3.05) is 12.4 Å². The Morgan fingerprint density at radius 3 is 2.89 bits per heavy atom. The number of hydrogen-bond acceptors (Lipinski definition) is 4. The van der Waals surface area contributed by atoms with Crippen LogP contribution >= 0.6 is 15.9 Å². The van der Waals surface area contributed by atoms with Crippen molar-refractivity contribution in [3.63, 3.8) is 0 Å². The van der Waals surface area contributed by atoms with Gasteiger partial charge in [0.2, 0.25) is 0 Å². The SMILES string of the molecule is COc1ccc(Br)cc1NC(=O)c1cnoc1C. The largest absolute Gasteiger partial charge is 0.495 e. The highest BCUT2D eigenvalue weighted by molar-refractivity contribution is 9.10. The van der Waals surface area contributed by atoms with Gasteiger partial charge < -0.3 is 14.6 Å². The third-order valence-electron chi connectivity index (χ3n) is 2.41. The van der Waals surface area contributed by atoms with E-state index in [0.29, 0.717) is 22.8 Å². The van der Waals surface area contributed by atoms with E-state index < -0.39 is 0 Å². The molecule has 0 aliphatic carbocycles. The number of nitrogens with one attached hydrogen (secondary N) is 1. The zero-order valence-corrected chi connectivity index (χ0v) is 11.4. The summed E-state index contributed by atoms with van der Waals surface area (Å²) in [6, 6.07) is 5.36. The molecule has 0 radical (unpaired) electrons. The highest BCUT2D eigenvalue weighted by Gasteiger charge is 2.15. The molecule has 0 bridgehead atoms. The molecule has 0 unspecified atom stereocenters. The van der Waals surface area contributed by atoms with Gasteiger partial charge in [-0.25, -0.2) is 0 Å². The monoisotopic (exact) mass is 310 g/mol. The predicted octanol–water partition coefficient (Wildman–Crippen LogP) is 3.01. The second-order valence-corrected chi connectivity index (χ2v) is 4.51. The summed E-state index contributed by atoms with van der Waals surface area (Å²) in [6.45, 7) is 1.68. The summed E-state index contributed by atoms with van der Waals surface area (Å²) in [4.78, 5) is 12.0. The molecule has 1 heterocycles. The molecular formula is C12H11BrN2O3. The van der Waals surface area contributed by atoms with Gasteiger partial charge in [-0.05, 0) is 25.1 Å². The minimum atomic E-state index is -0.287. The molecule has 1 N–H and O–H groups in total. The first-order valence-corrected chi connectivity index (χ1v) is 5.97. The lowest BCUT2D eigenvalue weighted by atomic mass is 10.2. The number of methoxy groups -OCH3 is 1. The third kappa shape index (κ3) is 2.53. The van der Waals surface area contributed by atoms with Crippen molar-refractivity contribution in [3.8, 4) is 5.75 Å². The maximum Gasteiger partial charge on any atom is 0.260 e. The Morgan fingerprint density at radius 2 is 2.28 bits per heavy atom. The summed E-state index contributed by atoms with van der Waals surface area (Å²) in [5.41, 5.74) is 0.981. The number of halogens is 1. The van der Waals surface area contributed by atoms with Crippen LogP contribution in [0.4, 0.5) is 5.69 Å². The number of anilines is 1. The highest BCUT2D eigenvalue weighted by atomic mass is 79.9. The number of carbonyl (C=O) groups excluding carboxylic acids is 1. The summed E-state index contributed by atoms with van der Waals surface area (Å²) in [5, 5.41) is 6.32. The molecule has 5 nitrogen and oxygen atoms in total. The molecule has 0 atom stereocenters. The van der Waals surface area contributed by atoms with Crippen LogP contribution in [0.3, 0.4) is 0 Å². The minimum Gasteiger partial charge on any atom is -0.495 e. The lowest BCUT2D eigenvalue weighted by molar-refractivity contribution is 0.102. The van der Waals surface area contributed by atoms with Crippen molar-refractivity contribution in [1.29, 1.82) is 0 Å². The van der Waals surface area contributed by atoms with Gasteiger partial charge in [0.15, 0.2) is 0 Å². The van der Waals surface area contributed by atoms with Crippen molar-refractivity contribution in [2.45, 2.75) is 6.92 Å². The molecule has 1 amide bonds. The lowest BCUT2D eigenvalue weighted by Crippen LogP contribution is -2.12. The quantitative estimate of drug-likeness (QED) is 0.946. The molecule has 2 aromatic rings. The Morgan fingerprint density at radius 1 is 1.50 bits per heavy atom. The maximum atomic E-state index is 12.0. The normalized spacial score (nSPS) is 10.2. The lowest BCUT2D eigenvalue weighted by Gasteiger charge is -2.09. The Hall–Kier alpha value is -1.82. The fourth-order valence-corrected chi connectivity index (χ4v) is 1.85. The fourth-order valence-electron chi connectivity index (χ4n) is 1.48. The Kier molecular flexibility index (Phi) is 3.66. The Labute approximate surface area is 112 Å². The van der Waals surface area contributed by atoms with Crippen molar-refractivity contribution in [3.05, 3.63) is 40.2 Å². The first-order chi connectivity index (χ1) is 8.61. The molecular weight excluding hydrogens is 300 g/mol. The molecule has 94 valence electrons. The van der Waals surface area contributed by atoms with Gasteiger partial charge >= 0.3 is 0 Å². The van der Waals surface area contributed by atoms with Gasteiger partial charge in [-0.2, -0.15) is 0 Å². The van der Waals surface area contributed by atoms with Gasteiger partial charge in [-0.15, -0.1) is 0 Å². The van der Waals surface area contributed by atoms with Crippen molar-refractivity contribution in [2.24, 2.45) is 0 Å². The second-order valence-electron chi connectivity index (χ2n) is 3.59. The number of aryl methyl sites for hydroxylation is 1. The van der Waals surface area contributed by atoms with E-state index in [2.05, 4.69) is 26.4 Å². The zero-order valence-electron chi connectivity index (χ0n) is 9.86. The fraction of sp³-hybridized carbons (Fsp3) is 0.167. The molecule has 0 saturated carbocycles. The van der Waals surface area contributed by atoms with Gasteiger partial charge in [0.05, 0.1) is 19.0 Å². The van der Waals surface area contributed by atoms with Crippen LogP contribution in [0.15, 0.2) is 33.4 Å². The summed E-state index contributed by atoms with van der Waals surface area (Å²) in [6.07, 6.45) is 1.38. The van der Waals surface area contributed by atoms with Gasteiger partial charge in [0, 0.05) is 4.47 Å². The van der Waals surface area contributed by atoms with E-state index in [4.69, 9.17) is 9.26 Å². The molecule has 0 aliphatic rings. The summed E-state index contributed by atoms with van der Waals surface area (Å²) < 4.78 is 10.9. The van der Waals surface area contributed by atoms with E-state index >= 15 is 0 Å². The summed E-state index contributed by atoms with van der Waals surface area (Å²) in [7, 11) is 1.55. The molecule has 6 heteroatoms. The molecule has 0 spiro atoms. The van der Waals surface area contributed by atoms with Crippen LogP contribution in [-0.2, 0) is 0 Å². The van der Waals surface area contributed by atoms with Gasteiger partial charge in [0.1, 0.15) is 17.1 Å². The number of rotatable bonds is 3. The van der Waals surface area contributed by atoms with Crippen LogP contribution < -0.4 is 10.1 Å². The number of carbonyl (C=O) groups is 1. The number of ether oxygens (including phenoxy) is 1. The standard InChI is InChI=1S/C12H11BrN2O3/c1-7-9(6-14-18-7)12(16)15-10-5-8(13)3-4-11(10)17-2/h3-6H,1-2H3,(H,15,16).